The number of fused-ring (bicyclic) bond motifs is 1. The highest BCUT2D eigenvalue weighted by atomic mass is 16.6. The predicted octanol–water partition coefficient (Wildman–Crippen LogP) is 5.93. The van der Waals surface area contributed by atoms with Crippen molar-refractivity contribution in [3.8, 4) is 28.4 Å². The molecule has 6 nitrogen and oxygen atoms in total. The highest BCUT2D eigenvalue weighted by Gasteiger charge is 2.59. The van der Waals surface area contributed by atoms with Gasteiger partial charge >= 0.3 is 11.9 Å². The van der Waals surface area contributed by atoms with Crippen LogP contribution >= 0.6 is 0 Å². The van der Waals surface area contributed by atoms with Crippen LogP contribution in [-0.4, -0.2) is 30.3 Å². The van der Waals surface area contributed by atoms with Gasteiger partial charge in [-0.1, -0.05) is 78.9 Å². The molecular formula is C32H26O6. The van der Waals surface area contributed by atoms with E-state index in [1.807, 2.05) is 97.1 Å². The molecule has 6 heteroatoms. The zero-order valence-corrected chi connectivity index (χ0v) is 20.5. The Bertz CT molecular complexity index is 1420. The fraction of sp³-hybridized carbons (Fsp3) is 0.188. The standard InChI is InChI=1S/C32H26O6/c33-31(34)29-27(20-8-3-1-4-9-20)30(28(29)21-10-5-2-6-11-21)32(35)38-24-13-7-12-22(18-24)23-14-15-25-26(19-23)37-17-16-36-25/h1-15,18-19,27-30H,16-17H2,(H,33,34)/t27-,28+,29?,30?. The highest BCUT2D eigenvalue weighted by molar-refractivity contribution is 5.86. The summed E-state index contributed by atoms with van der Waals surface area (Å²) in [7, 11) is 0. The van der Waals surface area contributed by atoms with Gasteiger partial charge in [0.25, 0.3) is 0 Å². The minimum atomic E-state index is -0.919. The van der Waals surface area contributed by atoms with Crippen LogP contribution in [0.5, 0.6) is 17.2 Å². The van der Waals surface area contributed by atoms with Crippen LogP contribution in [0.2, 0.25) is 0 Å². The van der Waals surface area contributed by atoms with Crippen molar-refractivity contribution in [2.45, 2.75) is 11.8 Å². The van der Waals surface area contributed by atoms with E-state index in [0.717, 1.165) is 22.3 Å². The molecule has 38 heavy (non-hydrogen) atoms. The van der Waals surface area contributed by atoms with Gasteiger partial charge < -0.3 is 19.3 Å². The van der Waals surface area contributed by atoms with Gasteiger partial charge in [-0.15, -0.1) is 0 Å². The van der Waals surface area contributed by atoms with Crippen LogP contribution in [-0.2, 0) is 9.59 Å². The molecule has 1 fully saturated rings. The van der Waals surface area contributed by atoms with Gasteiger partial charge in [0.2, 0.25) is 0 Å². The number of esters is 1. The molecule has 0 amide bonds. The van der Waals surface area contributed by atoms with Crippen molar-refractivity contribution in [3.63, 3.8) is 0 Å². The second-order valence-corrected chi connectivity index (χ2v) is 9.57. The number of benzene rings is 4. The normalized spacial score (nSPS) is 21.7. The van der Waals surface area contributed by atoms with Crippen LogP contribution in [0, 0.1) is 11.8 Å². The van der Waals surface area contributed by atoms with Crippen molar-refractivity contribution >= 4 is 11.9 Å². The third kappa shape index (κ3) is 4.39. The van der Waals surface area contributed by atoms with Gasteiger partial charge in [0.1, 0.15) is 19.0 Å². The van der Waals surface area contributed by atoms with Crippen LogP contribution in [0.1, 0.15) is 23.0 Å². The zero-order chi connectivity index (χ0) is 26.1. The number of rotatable bonds is 6. The van der Waals surface area contributed by atoms with Gasteiger partial charge in [-0.05, 0) is 46.5 Å². The molecule has 0 spiro atoms. The summed E-state index contributed by atoms with van der Waals surface area (Å²) in [5.74, 6) is -1.93. The second kappa shape index (κ2) is 10.1. The molecule has 1 heterocycles. The quantitative estimate of drug-likeness (QED) is 0.258. The average molecular weight is 507 g/mol. The third-order valence-corrected chi connectivity index (χ3v) is 7.40. The predicted molar refractivity (Wildman–Crippen MR) is 141 cm³/mol. The number of aliphatic carboxylic acids is 1. The van der Waals surface area contributed by atoms with Crippen LogP contribution in [0.3, 0.4) is 0 Å². The summed E-state index contributed by atoms with van der Waals surface area (Å²) in [5.41, 5.74) is 3.41. The van der Waals surface area contributed by atoms with E-state index in [0.29, 0.717) is 30.5 Å². The fourth-order valence-corrected chi connectivity index (χ4v) is 5.67. The van der Waals surface area contributed by atoms with Gasteiger partial charge in [-0.2, -0.15) is 0 Å². The zero-order valence-electron chi connectivity index (χ0n) is 20.5. The van der Waals surface area contributed by atoms with E-state index in [9.17, 15) is 14.7 Å². The summed E-state index contributed by atoms with van der Waals surface area (Å²) >= 11 is 0. The number of carboxylic acids is 1. The number of hydrogen-bond acceptors (Lipinski definition) is 5. The van der Waals surface area contributed by atoms with Crippen molar-refractivity contribution in [3.05, 3.63) is 114 Å². The Labute approximate surface area is 220 Å². The molecule has 2 aliphatic rings. The maximum atomic E-state index is 13.7. The minimum Gasteiger partial charge on any atom is -0.486 e. The van der Waals surface area contributed by atoms with Crippen LogP contribution in [0.25, 0.3) is 11.1 Å². The highest BCUT2D eigenvalue weighted by Crippen LogP contribution is 2.58. The maximum Gasteiger partial charge on any atom is 0.315 e. The number of carbonyl (C=O) groups excluding carboxylic acids is 1. The topological polar surface area (TPSA) is 82.1 Å². The molecule has 1 aliphatic carbocycles. The number of carboxylic acid groups (broad SMARTS) is 1. The second-order valence-electron chi connectivity index (χ2n) is 9.57. The van der Waals surface area contributed by atoms with Crippen LogP contribution in [0.15, 0.2) is 103 Å². The number of ether oxygens (including phenoxy) is 3. The van der Waals surface area contributed by atoms with Crippen LogP contribution < -0.4 is 14.2 Å². The van der Waals surface area contributed by atoms with Crippen LogP contribution in [0.4, 0.5) is 0 Å². The average Bonchev–Trinajstić information content (AvgIpc) is 2.93. The molecule has 0 aromatic heterocycles. The SMILES string of the molecule is O=C(O)C1[C@@H](c2ccccc2)C(C(=O)Oc2cccc(-c3ccc4c(c3)OCCO4)c2)[C@H]1c1ccccc1. The van der Waals surface area contributed by atoms with E-state index in [2.05, 4.69) is 0 Å². The Hall–Kier alpha value is -4.58. The summed E-state index contributed by atoms with van der Waals surface area (Å²) in [6, 6.07) is 31.8. The Kier molecular flexibility index (Phi) is 6.30. The van der Waals surface area contributed by atoms with E-state index in [1.165, 1.54) is 0 Å². The lowest BCUT2D eigenvalue weighted by Gasteiger charge is -2.48. The van der Waals surface area contributed by atoms with E-state index < -0.39 is 35.6 Å². The molecule has 1 N–H and O–H groups in total. The van der Waals surface area contributed by atoms with Crippen molar-refractivity contribution in [1.29, 1.82) is 0 Å². The Morgan fingerprint density at radius 1 is 0.658 bits per heavy atom. The third-order valence-electron chi connectivity index (χ3n) is 7.40. The minimum absolute atomic E-state index is 0.403. The van der Waals surface area contributed by atoms with Gasteiger partial charge in [0.15, 0.2) is 11.5 Å². The molecule has 0 bridgehead atoms. The molecule has 190 valence electrons. The summed E-state index contributed by atoms with van der Waals surface area (Å²) in [4.78, 5) is 26.1. The molecule has 6 rings (SSSR count). The summed E-state index contributed by atoms with van der Waals surface area (Å²) in [5, 5.41) is 10.2. The molecule has 2 unspecified atom stereocenters. The molecule has 1 saturated carbocycles. The first-order valence-corrected chi connectivity index (χ1v) is 12.6. The van der Waals surface area contributed by atoms with Crippen molar-refractivity contribution < 1.29 is 28.9 Å². The van der Waals surface area contributed by atoms with Crippen molar-refractivity contribution in [1.82, 2.24) is 0 Å². The molecule has 4 atom stereocenters. The molecule has 0 radical (unpaired) electrons. The van der Waals surface area contributed by atoms with E-state index in [1.54, 1.807) is 6.07 Å². The first kappa shape index (κ1) is 23.8. The molecule has 1 aliphatic heterocycles. The number of carbonyl (C=O) groups is 2. The van der Waals surface area contributed by atoms with Gasteiger partial charge in [-0.25, -0.2) is 0 Å². The maximum absolute atomic E-state index is 13.7. The summed E-state index contributed by atoms with van der Waals surface area (Å²) < 4.78 is 17.3. The van der Waals surface area contributed by atoms with Crippen molar-refractivity contribution in [2.75, 3.05) is 13.2 Å². The largest absolute Gasteiger partial charge is 0.486 e. The first-order chi connectivity index (χ1) is 18.6. The molecule has 4 aromatic rings. The summed E-state index contributed by atoms with van der Waals surface area (Å²) in [6.07, 6.45) is 0. The lowest BCUT2D eigenvalue weighted by molar-refractivity contribution is -0.158. The Morgan fingerprint density at radius 3 is 1.89 bits per heavy atom. The van der Waals surface area contributed by atoms with Gasteiger partial charge in [-0.3, -0.25) is 9.59 Å². The van der Waals surface area contributed by atoms with Gasteiger partial charge in [0.05, 0.1) is 11.8 Å². The van der Waals surface area contributed by atoms with Gasteiger partial charge in [0, 0.05) is 11.8 Å². The van der Waals surface area contributed by atoms with E-state index in [4.69, 9.17) is 14.2 Å². The Balaban J connectivity index is 1.31. The molecule has 0 saturated heterocycles. The molecule has 4 aromatic carbocycles. The van der Waals surface area contributed by atoms with E-state index >= 15 is 0 Å². The fourth-order valence-electron chi connectivity index (χ4n) is 5.67. The summed E-state index contributed by atoms with van der Waals surface area (Å²) in [6.45, 7) is 1.02. The van der Waals surface area contributed by atoms with Crippen molar-refractivity contribution in [2.24, 2.45) is 11.8 Å². The lowest BCUT2D eigenvalue weighted by Crippen LogP contribution is -2.52. The number of hydrogen-bond donors (Lipinski definition) is 1. The Morgan fingerprint density at radius 2 is 1.26 bits per heavy atom. The molecular weight excluding hydrogens is 480 g/mol. The first-order valence-electron chi connectivity index (χ1n) is 12.6. The smallest absolute Gasteiger partial charge is 0.315 e. The monoisotopic (exact) mass is 506 g/mol. The lowest BCUT2D eigenvalue weighted by atomic mass is 9.52. The van der Waals surface area contributed by atoms with E-state index in [-0.39, 0.29) is 0 Å².